The topological polar surface area (TPSA) is 17.1 Å². The summed E-state index contributed by atoms with van der Waals surface area (Å²) >= 11 is 0. The van der Waals surface area contributed by atoms with Crippen LogP contribution in [0.3, 0.4) is 0 Å². The highest BCUT2D eigenvalue weighted by Gasteiger charge is 2.52. The van der Waals surface area contributed by atoms with Crippen LogP contribution in [-0.2, 0) is 4.79 Å². The summed E-state index contributed by atoms with van der Waals surface area (Å²) in [6.45, 7) is 12.4. The highest BCUT2D eigenvalue weighted by atomic mass is 16.1. The first kappa shape index (κ1) is 16.3. The Morgan fingerprint density at radius 1 is 0.955 bits per heavy atom. The fraction of sp³-hybridized carbons (Fsp3) is 0.905. The van der Waals surface area contributed by atoms with Gasteiger partial charge >= 0.3 is 0 Å². The predicted molar refractivity (Wildman–Crippen MR) is 92.2 cm³/mol. The van der Waals surface area contributed by atoms with E-state index in [2.05, 4.69) is 40.6 Å². The van der Waals surface area contributed by atoms with Crippen LogP contribution in [0.5, 0.6) is 0 Å². The summed E-state index contributed by atoms with van der Waals surface area (Å²) in [6, 6.07) is 0. The van der Waals surface area contributed by atoms with Gasteiger partial charge in [-0.2, -0.15) is 0 Å². The summed E-state index contributed by atoms with van der Waals surface area (Å²) in [4.78, 5) is 11.6. The molecule has 124 valence electrons. The third-order valence-corrected chi connectivity index (χ3v) is 8.35. The van der Waals surface area contributed by atoms with Crippen molar-refractivity contribution in [3.05, 3.63) is 5.57 Å². The molecule has 0 saturated heterocycles. The van der Waals surface area contributed by atoms with Crippen LogP contribution in [0.25, 0.3) is 0 Å². The first-order valence-corrected chi connectivity index (χ1v) is 9.55. The molecule has 0 unspecified atom stereocenters. The Balaban J connectivity index is 2.00. The Bertz CT molecular complexity index is 484. The molecule has 0 aromatic heterocycles. The highest BCUT2D eigenvalue weighted by Crippen LogP contribution is 2.61. The van der Waals surface area contributed by atoms with Crippen LogP contribution in [0, 0.1) is 40.4 Å². The molecule has 3 aliphatic carbocycles. The lowest BCUT2D eigenvalue weighted by atomic mass is 9.48. The van der Waals surface area contributed by atoms with Crippen molar-refractivity contribution in [1.29, 1.82) is 0 Å². The summed E-state index contributed by atoms with van der Waals surface area (Å²) in [7, 11) is 0. The van der Waals surface area contributed by atoms with Gasteiger partial charge in [-0.3, -0.25) is 0 Å². The average Bonchev–Trinajstić information content (AvgIpc) is 2.44. The monoisotopic (exact) mass is 302 g/mol. The maximum Gasteiger partial charge on any atom is 0.124 e. The normalized spacial score (nSPS) is 47.9. The quantitative estimate of drug-likeness (QED) is 0.527. The van der Waals surface area contributed by atoms with Gasteiger partial charge in [-0.25, -0.2) is 4.79 Å². The van der Waals surface area contributed by atoms with Crippen molar-refractivity contribution in [2.45, 2.75) is 79.6 Å². The maximum absolute atomic E-state index is 11.6. The molecular weight excluding hydrogens is 268 g/mol. The zero-order valence-corrected chi connectivity index (χ0v) is 15.2. The van der Waals surface area contributed by atoms with E-state index in [4.69, 9.17) is 0 Å². The molecule has 2 bridgehead atoms. The standard InChI is InChI=1S/C21H34O/c1-14-6-8-16-12-19-15(2)7-9-17(13-22)21(19,5)11-10-18(14)20(16,3)4/h14-16,18-19H,6-12H2,1-5H3/t14-,15-,16+,18+,19-,21-/m1/s1. The number of fused-ring (bicyclic) bond motifs is 3. The number of carbonyl (C=O) groups excluding carboxylic acids is 1. The minimum atomic E-state index is 0.128. The van der Waals surface area contributed by atoms with Crippen LogP contribution in [0.4, 0.5) is 0 Å². The molecule has 3 fully saturated rings. The minimum absolute atomic E-state index is 0.128. The van der Waals surface area contributed by atoms with Crippen molar-refractivity contribution in [2.75, 3.05) is 0 Å². The highest BCUT2D eigenvalue weighted by molar-refractivity contribution is 5.55. The molecule has 0 amide bonds. The zero-order chi connectivity index (χ0) is 16.1. The second-order valence-corrected chi connectivity index (χ2v) is 9.57. The maximum atomic E-state index is 11.6. The van der Waals surface area contributed by atoms with Gasteiger partial charge in [0.25, 0.3) is 0 Å². The van der Waals surface area contributed by atoms with Crippen LogP contribution < -0.4 is 0 Å². The second-order valence-electron chi connectivity index (χ2n) is 9.57. The fourth-order valence-electron chi connectivity index (χ4n) is 6.62. The molecule has 0 N–H and O–H groups in total. The molecule has 1 heteroatoms. The van der Waals surface area contributed by atoms with Crippen LogP contribution in [0.2, 0.25) is 0 Å². The lowest BCUT2D eigenvalue weighted by molar-refractivity contribution is -0.0530. The predicted octanol–water partition coefficient (Wildman–Crippen LogP) is 5.67. The van der Waals surface area contributed by atoms with Crippen molar-refractivity contribution < 1.29 is 4.79 Å². The van der Waals surface area contributed by atoms with Crippen LogP contribution in [0.1, 0.15) is 79.6 Å². The SMILES string of the molecule is C[C@@H]1CCC(=C=O)[C@@]2(C)CC[C@H]3[C@H](C)CC[C@@H](C[C@H]12)C3(C)C. The molecule has 0 aromatic rings. The van der Waals surface area contributed by atoms with Crippen molar-refractivity contribution >= 4 is 5.94 Å². The van der Waals surface area contributed by atoms with Crippen molar-refractivity contribution in [3.8, 4) is 0 Å². The molecule has 0 aromatic carbocycles. The van der Waals surface area contributed by atoms with E-state index in [0.717, 1.165) is 35.7 Å². The molecule has 3 saturated carbocycles. The molecule has 0 aliphatic heterocycles. The molecule has 0 radical (unpaired) electrons. The lowest BCUT2D eigenvalue weighted by Gasteiger charge is -2.57. The third-order valence-electron chi connectivity index (χ3n) is 8.35. The van der Waals surface area contributed by atoms with Gasteiger partial charge in [-0.1, -0.05) is 41.0 Å². The summed E-state index contributed by atoms with van der Waals surface area (Å²) in [6.07, 6.45) is 8.83. The third kappa shape index (κ3) is 2.32. The van der Waals surface area contributed by atoms with Gasteiger partial charge in [0.1, 0.15) is 5.94 Å². The molecule has 6 atom stereocenters. The van der Waals surface area contributed by atoms with E-state index in [1.54, 1.807) is 0 Å². The first-order valence-electron chi connectivity index (χ1n) is 9.55. The minimum Gasteiger partial charge on any atom is -0.234 e. The lowest BCUT2D eigenvalue weighted by Crippen LogP contribution is -2.48. The van der Waals surface area contributed by atoms with Gasteiger partial charge in [0, 0.05) is 11.0 Å². The smallest absolute Gasteiger partial charge is 0.124 e. The number of hydrogen-bond donors (Lipinski definition) is 0. The largest absolute Gasteiger partial charge is 0.234 e. The summed E-state index contributed by atoms with van der Waals surface area (Å²) in [5, 5.41) is 0. The van der Waals surface area contributed by atoms with Crippen molar-refractivity contribution in [2.24, 2.45) is 40.4 Å². The molecular formula is C21H34O. The van der Waals surface area contributed by atoms with Crippen molar-refractivity contribution in [3.63, 3.8) is 0 Å². The van der Waals surface area contributed by atoms with E-state index in [1.807, 2.05) is 0 Å². The Labute approximate surface area is 136 Å². The zero-order valence-electron chi connectivity index (χ0n) is 15.2. The van der Waals surface area contributed by atoms with Crippen molar-refractivity contribution in [1.82, 2.24) is 0 Å². The van der Waals surface area contributed by atoms with Gasteiger partial charge < -0.3 is 0 Å². The first-order chi connectivity index (χ1) is 10.3. The Morgan fingerprint density at radius 3 is 2.32 bits per heavy atom. The van der Waals surface area contributed by atoms with Gasteiger partial charge in [0.15, 0.2) is 0 Å². The summed E-state index contributed by atoms with van der Waals surface area (Å²) in [5.41, 5.74) is 1.71. The van der Waals surface area contributed by atoms with Gasteiger partial charge in [0.2, 0.25) is 0 Å². The Morgan fingerprint density at radius 2 is 1.64 bits per heavy atom. The van der Waals surface area contributed by atoms with E-state index in [1.165, 1.54) is 38.5 Å². The fourth-order valence-corrected chi connectivity index (χ4v) is 6.62. The summed E-state index contributed by atoms with van der Waals surface area (Å²) in [5.74, 6) is 6.34. The Kier molecular flexibility index (Phi) is 4.09. The molecule has 1 nitrogen and oxygen atoms in total. The molecule has 0 heterocycles. The second kappa shape index (κ2) is 5.52. The van der Waals surface area contributed by atoms with Crippen LogP contribution >= 0.6 is 0 Å². The van der Waals surface area contributed by atoms with Crippen LogP contribution in [-0.4, -0.2) is 5.94 Å². The van der Waals surface area contributed by atoms with E-state index in [-0.39, 0.29) is 5.41 Å². The van der Waals surface area contributed by atoms with Crippen LogP contribution in [0.15, 0.2) is 5.57 Å². The molecule has 22 heavy (non-hydrogen) atoms. The van der Waals surface area contributed by atoms with Gasteiger partial charge in [0.05, 0.1) is 0 Å². The Hall–Kier alpha value is -0.550. The van der Waals surface area contributed by atoms with Gasteiger partial charge in [-0.05, 0) is 73.5 Å². The van der Waals surface area contributed by atoms with E-state index in [0.29, 0.717) is 11.3 Å². The van der Waals surface area contributed by atoms with Gasteiger partial charge in [-0.15, -0.1) is 0 Å². The molecule has 3 aliphatic rings. The van der Waals surface area contributed by atoms with E-state index < -0.39 is 0 Å². The molecule has 3 rings (SSSR count). The number of rotatable bonds is 0. The number of hydrogen-bond acceptors (Lipinski definition) is 1. The number of allylic oxidation sites excluding steroid dienone is 1. The summed E-state index contributed by atoms with van der Waals surface area (Å²) < 4.78 is 0. The van der Waals surface area contributed by atoms with E-state index in [9.17, 15) is 4.79 Å². The molecule has 0 spiro atoms. The van der Waals surface area contributed by atoms with E-state index >= 15 is 0 Å². The average molecular weight is 303 g/mol.